The van der Waals surface area contributed by atoms with Gasteiger partial charge in [0.15, 0.2) is 6.10 Å². The Hall–Kier alpha value is -2.53. The molecule has 0 spiro atoms. The second-order valence-electron chi connectivity index (χ2n) is 6.27. The summed E-state index contributed by atoms with van der Waals surface area (Å²) < 4.78 is 5.81. The molecule has 0 aliphatic carbocycles. The number of aryl methyl sites for hydroxylation is 1. The molecule has 132 valence electrons. The van der Waals surface area contributed by atoms with E-state index in [0.717, 1.165) is 37.2 Å². The molecule has 1 aliphatic rings. The predicted octanol–water partition coefficient (Wildman–Crippen LogP) is 2.51. The van der Waals surface area contributed by atoms with Crippen molar-refractivity contribution in [1.29, 1.82) is 0 Å². The van der Waals surface area contributed by atoms with E-state index in [-0.39, 0.29) is 6.42 Å². The van der Waals surface area contributed by atoms with Crippen molar-refractivity contribution >= 4 is 11.7 Å². The number of aliphatic hydroxyl groups excluding tert-OH is 1. The lowest BCUT2D eigenvalue weighted by molar-refractivity contribution is -0.146. The number of aliphatic hydroxyl groups is 1. The molecule has 2 aromatic carbocycles. The lowest BCUT2D eigenvalue weighted by Crippen LogP contribution is -2.33. The van der Waals surface area contributed by atoms with Crippen molar-refractivity contribution in [1.82, 2.24) is 0 Å². The highest BCUT2D eigenvalue weighted by Gasteiger charge is 2.16. The molecule has 2 aromatic rings. The quantitative estimate of drug-likeness (QED) is 0.810. The van der Waals surface area contributed by atoms with Gasteiger partial charge in [0.1, 0.15) is 12.4 Å². The minimum absolute atomic E-state index is 0.0974. The molecule has 0 aromatic heterocycles. The van der Waals surface area contributed by atoms with Crippen LogP contribution in [-0.2, 0) is 17.6 Å². The molecule has 5 nitrogen and oxygen atoms in total. The van der Waals surface area contributed by atoms with Gasteiger partial charge in [-0.2, -0.15) is 0 Å². The number of para-hydroxylation sites is 1. The highest BCUT2D eigenvalue weighted by Crippen LogP contribution is 2.26. The predicted molar refractivity (Wildman–Crippen MR) is 96.3 cm³/mol. The maximum Gasteiger partial charge on any atom is 0.332 e. The molecule has 3 rings (SSSR count). The highest BCUT2D eigenvalue weighted by atomic mass is 16.5. The first-order valence-corrected chi connectivity index (χ1v) is 8.59. The number of carboxylic acids is 1. The number of carboxylic acid groups (broad SMARTS) is 1. The molecule has 0 radical (unpaired) electrons. The molecule has 1 atom stereocenters. The second-order valence-corrected chi connectivity index (χ2v) is 6.27. The number of rotatable bonds is 7. The summed E-state index contributed by atoms with van der Waals surface area (Å²) in [6, 6.07) is 15.7. The average Bonchev–Trinajstić information content (AvgIpc) is 2.63. The minimum Gasteiger partial charge on any atom is -0.492 e. The molecular weight excluding hydrogens is 318 g/mol. The van der Waals surface area contributed by atoms with Crippen molar-refractivity contribution < 1.29 is 19.7 Å². The topological polar surface area (TPSA) is 70.0 Å². The summed E-state index contributed by atoms with van der Waals surface area (Å²) in [4.78, 5) is 13.0. The number of aliphatic carboxylic acids is 1. The largest absolute Gasteiger partial charge is 0.492 e. The van der Waals surface area contributed by atoms with E-state index in [2.05, 4.69) is 29.2 Å². The monoisotopic (exact) mass is 341 g/mol. The van der Waals surface area contributed by atoms with E-state index < -0.39 is 12.1 Å². The van der Waals surface area contributed by atoms with Crippen molar-refractivity contribution in [3.05, 3.63) is 59.7 Å². The lowest BCUT2D eigenvalue weighted by atomic mass is 10.0. The van der Waals surface area contributed by atoms with Gasteiger partial charge >= 0.3 is 5.97 Å². The van der Waals surface area contributed by atoms with Gasteiger partial charge in [0.25, 0.3) is 0 Å². The van der Waals surface area contributed by atoms with E-state index in [1.165, 1.54) is 11.3 Å². The van der Waals surface area contributed by atoms with E-state index in [1.54, 1.807) is 12.1 Å². The van der Waals surface area contributed by atoms with Crippen LogP contribution in [0.1, 0.15) is 17.5 Å². The third-order valence-corrected chi connectivity index (χ3v) is 4.47. The number of hydrogen-bond acceptors (Lipinski definition) is 4. The van der Waals surface area contributed by atoms with Gasteiger partial charge in [-0.25, -0.2) is 4.79 Å². The zero-order valence-electron chi connectivity index (χ0n) is 14.1. The number of carbonyl (C=O) groups is 1. The zero-order valence-corrected chi connectivity index (χ0v) is 14.1. The van der Waals surface area contributed by atoms with Crippen LogP contribution in [-0.4, -0.2) is 42.0 Å². The molecule has 1 heterocycles. The van der Waals surface area contributed by atoms with Gasteiger partial charge in [-0.05, 0) is 42.2 Å². The number of nitrogens with zero attached hydrogens (tertiary/aromatic N) is 1. The number of anilines is 1. The summed E-state index contributed by atoms with van der Waals surface area (Å²) in [7, 11) is 0. The van der Waals surface area contributed by atoms with Crippen LogP contribution in [0.25, 0.3) is 0 Å². The standard InChI is InChI=1S/C20H23NO4/c22-19(20(23)24)14-15-7-9-17(10-8-15)25-13-12-21-11-3-5-16-4-1-2-6-18(16)21/h1-2,4,6-10,19,22H,3,5,11-14H2,(H,23,24). The Kier molecular flexibility index (Phi) is 5.56. The smallest absolute Gasteiger partial charge is 0.332 e. The van der Waals surface area contributed by atoms with E-state index in [1.807, 2.05) is 12.1 Å². The Balaban J connectivity index is 1.50. The Bertz CT molecular complexity index is 714. The van der Waals surface area contributed by atoms with Crippen LogP contribution in [0.2, 0.25) is 0 Å². The first kappa shape index (κ1) is 17.3. The molecule has 0 amide bonds. The third kappa shape index (κ3) is 4.51. The van der Waals surface area contributed by atoms with Gasteiger partial charge < -0.3 is 19.8 Å². The Morgan fingerprint density at radius 3 is 2.68 bits per heavy atom. The number of hydrogen-bond donors (Lipinski definition) is 2. The van der Waals surface area contributed by atoms with Crippen LogP contribution in [0.15, 0.2) is 48.5 Å². The first-order valence-electron chi connectivity index (χ1n) is 8.59. The van der Waals surface area contributed by atoms with Crippen molar-refractivity contribution in [3.63, 3.8) is 0 Å². The molecule has 0 bridgehead atoms. The maximum absolute atomic E-state index is 10.7. The minimum atomic E-state index is -1.37. The van der Waals surface area contributed by atoms with Crippen molar-refractivity contribution in [3.8, 4) is 5.75 Å². The van der Waals surface area contributed by atoms with Crippen LogP contribution < -0.4 is 9.64 Å². The lowest BCUT2D eigenvalue weighted by Gasteiger charge is -2.31. The highest BCUT2D eigenvalue weighted by molar-refractivity contribution is 5.72. The van der Waals surface area contributed by atoms with Crippen LogP contribution in [0.3, 0.4) is 0 Å². The second kappa shape index (κ2) is 8.03. The summed E-state index contributed by atoms with van der Waals surface area (Å²) in [5.74, 6) is -0.457. The fourth-order valence-electron chi connectivity index (χ4n) is 3.15. The van der Waals surface area contributed by atoms with Gasteiger partial charge in [0.2, 0.25) is 0 Å². The van der Waals surface area contributed by atoms with Gasteiger partial charge in [-0.3, -0.25) is 0 Å². The molecule has 5 heteroatoms. The van der Waals surface area contributed by atoms with Gasteiger partial charge in [-0.15, -0.1) is 0 Å². The normalized spacial score (nSPS) is 14.7. The summed E-state index contributed by atoms with van der Waals surface area (Å²) in [5.41, 5.74) is 3.47. The third-order valence-electron chi connectivity index (χ3n) is 4.47. The van der Waals surface area contributed by atoms with Gasteiger partial charge in [-0.1, -0.05) is 30.3 Å². The van der Waals surface area contributed by atoms with Crippen molar-refractivity contribution in [2.75, 3.05) is 24.6 Å². The van der Waals surface area contributed by atoms with E-state index >= 15 is 0 Å². The van der Waals surface area contributed by atoms with Crippen LogP contribution in [0, 0.1) is 0 Å². The molecule has 0 saturated carbocycles. The van der Waals surface area contributed by atoms with Crippen LogP contribution in [0.5, 0.6) is 5.75 Å². The van der Waals surface area contributed by atoms with E-state index in [4.69, 9.17) is 9.84 Å². The zero-order chi connectivity index (χ0) is 17.6. The SMILES string of the molecule is O=C(O)C(O)Cc1ccc(OCCN2CCCc3ccccc32)cc1. The van der Waals surface area contributed by atoms with E-state index in [9.17, 15) is 9.90 Å². The van der Waals surface area contributed by atoms with Crippen molar-refractivity contribution in [2.45, 2.75) is 25.4 Å². The summed E-state index contributed by atoms with van der Waals surface area (Å²) >= 11 is 0. The number of benzene rings is 2. The summed E-state index contributed by atoms with van der Waals surface area (Å²) in [6.07, 6.45) is 1.03. The van der Waals surface area contributed by atoms with Crippen molar-refractivity contribution in [2.24, 2.45) is 0 Å². The Labute approximate surface area is 147 Å². The van der Waals surface area contributed by atoms with Gasteiger partial charge in [0.05, 0.1) is 6.54 Å². The molecule has 0 fully saturated rings. The molecule has 2 N–H and O–H groups in total. The first-order chi connectivity index (χ1) is 12.1. The van der Waals surface area contributed by atoms with E-state index in [0.29, 0.717) is 6.61 Å². The number of ether oxygens (including phenoxy) is 1. The molecule has 0 saturated heterocycles. The van der Waals surface area contributed by atoms with Crippen LogP contribution in [0.4, 0.5) is 5.69 Å². The molecular formula is C20H23NO4. The average molecular weight is 341 g/mol. The summed E-state index contributed by atoms with van der Waals surface area (Å²) in [5, 5.41) is 18.1. The molecule has 1 aliphatic heterocycles. The fourth-order valence-corrected chi connectivity index (χ4v) is 3.15. The summed E-state index contributed by atoms with van der Waals surface area (Å²) in [6.45, 7) is 2.47. The Morgan fingerprint density at radius 1 is 1.16 bits per heavy atom. The van der Waals surface area contributed by atoms with Crippen LogP contribution >= 0.6 is 0 Å². The molecule has 1 unspecified atom stereocenters. The fraction of sp³-hybridized carbons (Fsp3) is 0.350. The molecule has 25 heavy (non-hydrogen) atoms. The number of fused-ring (bicyclic) bond motifs is 1. The maximum atomic E-state index is 10.7. The Morgan fingerprint density at radius 2 is 1.92 bits per heavy atom. The van der Waals surface area contributed by atoms with Gasteiger partial charge in [0, 0.05) is 18.7 Å².